The Morgan fingerprint density at radius 2 is 2.08 bits per heavy atom. The van der Waals surface area contributed by atoms with Crippen molar-refractivity contribution in [2.75, 3.05) is 24.3 Å². The molecule has 0 saturated carbocycles. The van der Waals surface area contributed by atoms with Gasteiger partial charge in [0.2, 0.25) is 0 Å². The van der Waals surface area contributed by atoms with Gasteiger partial charge in [0.1, 0.15) is 17.3 Å². The summed E-state index contributed by atoms with van der Waals surface area (Å²) < 4.78 is 5.08. The van der Waals surface area contributed by atoms with Crippen LogP contribution in [0.15, 0.2) is 30.6 Å². The van der Waals surface area contributed by atoms with Crippen LogP contribution in [0.5, 0.6) is 5.75 Å². The highest BCUT2D eigenvalue weighted by molar-refractivity contribution is 6.32. The van der Waals surface area contributed by atoms with Gasteiger partial charge in [0.05, 0.1) is 24.5 Å². The quantitative estimate of drug-likeness (QED) is 0.705. The molecule has 2 N–H and O–H groups in total. The van der Waals surface area contributed by atoms with E-state index in [-0.39, 0.29) is 11.6 Å². The van der Waals surface area contributed by atoms with E-state index in [2.05, 4.69) is 27.5 Å². The van der Waals surface area contributed by atoms with E-state index in [1.165, 1.54) is 26.1 Å². The van der Waals surface area contributed by atoms with Crippen LogP contribution < -0.4 is 15.4 Å². The van der Waals surface area contributed by atoms with E-state index in [1.54, 1.807) is 24.4 Å². The van der Waals surface area contributed by atoms with Crippen molar-refractivity contribution < 1.29 is 9.53 Å². The van der Waals surface area contributed by atoms with Crippen molar-refractivity contribution >= 4 is 29.0 Å². The lowest BCUT2D eigenvalue weighted by Crippen LogP contribution is -2.14. The zero-order valence-corrected chi connectivity index (χ0v) is 14.6. The highest BCUT2D eigenvalue weighted by Crippen LogP contribution is 2.27. The summed E-state index contributed by atoms with van der Waals surface area (Å²) in [5.74, 6) is 0.865. The van der Waals surface area contributed by atoms with Crippen LogP contribution >= 0.6 is 11.6 Å². The Balaban J connectivity index is 1.93. The summed E-state index contributed by atoms with van der Waals surface area (Å²) in [5, 5.41) is 6.33. The first-order valence-corrected chi connectivity index (χ1v) is 8.22. The van der Waals surface area contributed by atoms with E-state index < -0.39 is 0 Å². The predicted octanol–water partition coefficient (Wildman–Crippen LogP) is 3.99. The van der Waals surface area contributed by atoms with Crippen molar-refractivity contribution in [1.29, 1.82) is 0 Å². The predicted molar refractivity (Wildman–Crippen MR) is 96.0 cm³/mol. The molecule has 0 fully saturated rings. The van der Waals surface area contributed by atoms with Crippen molar-refractivity contribution in [3.05, 3.63) is 41.3 Å². The van der Waals surface area contributed by atoms with Crippen LogP contribution in [-0.4, -0.2) is 29.5 Å². The van der Waals surface area contributed by atoms with Gasteiger partial charge < -0.3 is 15.4 Å². The van der Waals surface area contributed by atoms with Crippen molar-refractivity contribution in [2.24, 2.45) is 0 Å². The van der Waals surface area contributed by atoms with Gasteiger partial charge in [0.25, 0.3) is 5.91 Å². The van der Waals surface area contributed by atoms with E-state index in [9.17, 15) is 4.79 Å². The fraction of sp³-hybridized carbons (Fsp3) is 0.353. The molecule has 1 aromatic carbocycles. The molecule has 2 rings (SSSR count). The van der Waals surface area contributed by atoms with E-state index >= 15 is 0 Å². The largest absolute Gasteiger partial charge is 0.495 e. The molecule has 0 atom stereocenters. The van der Waals surface area contributed by atoms with E-state index in [0.717, 1.165) is 13.0 Å². The maximum absolute atomic E-state index is 12.2. The van der Waals surface area contributed by atoms with Gasteiger partial charge in [-0.25, -0.2) is 9.97 Å². The second kappa shape index (κ2) is 9.08. The van der Waals surface area contributed by atoms with Crippen molar-refractivity contribution in [2.45, 2.75) is 26.2 Å². The summed E-state index contributed by atoms with van der Waals surface area (Å²) in [4.78, 5) is 20.5. The third-order valence-corrected chi connectivity index (χ3v) is 3.68. The standard InChI is InChI=1S/C17H21ClN4O2/c1-3-4-5-8-19-16-11-20-14(10-21-16)17(23)22-12-6-7-15(24-2)13(18)9-12/h6-7,9-11H,3-5,8H2,1-2H3,(H,19,21)(H,22,23). The zero-order valence-electron chi connectivity index (χ0n) is 13.8. The van der Waals surface area contributed by atoms with Gasteiger partial charge in [-0.15, -0.1) is 0 Å². The lowest BCUT2D eigenvalue weighted by molar-refractivity contribution is 0.102. The molecule has 1 aromatic heterocycles. The van der Waals surface area contributed by atoms with Gasteiger partial charge in [-0.1, -0.05) is 31.4 Å². The minimum atomic E-state index is -0.346. The maximum Gasteiger partial charge on any atom is 0.275 e. The number of methoxy groups -OCH3 is 1. The first-order chi connectivity index (χ1) is 11.6. The zero-order chi connectivity index (χ0) is 17.4. The summed E-state index contributed by atoms with van der Waals surface area (Å²) in [6.07, 6.45) is 6.43. The number of hydrogen-bond donors (Lipinski definition) is 2. The maximum atomic E-state index is 12.2. The molecule has 0 spiro atoms. The number of nitrogens with zero attached hydrogens (tertiary/aromatic N) is 2. The first kappa shape index (κ1) is 18.0. The molecule has 128 valence electrons. The average Bonchev–Trinajstić information content (AvgIpc) is 2.59. The monoisotopic (exact) mass is 348 g/mol. The van der Waals surface area contributed by atoms with Gasteiger partial charge in [-0.3, -0.25) is 4.79 Å². The van der Waals surface area contributed by atoms with Crippen LogP contribution in [0, 0.1) is 0 Å². The number of carbonyl (C=O) groups is 1. The van der Waals surface area contributed by atoms with Crippen LogP contribution in [0.25, 0.3) is 0 Å². The van der Waals surface area contributed by atoms with E-state index in [0.29, 0.717) is 22.3 Å². The molecule has 0 aliphatic carbocycles. The fourth-order valence-corrected chi connectivity index (χ4v) is 2.32. The van der Waals surface area contributed by atoms with Crippen LogP contribution in [0.3, 0.4) is 0 Å². The summed E-state index contributed by atoms with van der Waals surface area (Å²) >= 11 is 6.04. The molecule has 2 aromatic rings. The average molecular weight is 349 g/mol. The van der Waals surface area contributed by atoms with Gasteiger partial charge in [-0.05, 0) is 24.6 Å². The summed E-state index contributed by atoms with van der Waals surface area (Å²) in [6, 6.07) is 5.02. The molecule has 0 saturated heterocycles. The summed E-state index contributed by atoms with van der Waals surface area (Å²) in [5.41, 5.74) is 0.801. The summed E-state index contributed by atoms with van der Waals surface area (Å²) in [7, 11) is 1.53. The smallest absolute Gasteiger partial charge is 0.275 e. The number of anilines is 2. The first-order valence-electron chi connectivity index (χ1n) is 7.85. The lowest BCUT2D eigenvalue weighted by atomic mass is 10.2. The lowest BCUT2D eigenvalue weighted by Gasteiger charge is -2.08. The Hall–Kier alpha value is -2.34. The Morgan fingerprint density at radius 1 is 1.25 bits per heavy atom. The Labute approximate surface area is 146 Å². The normalized spacial score (nSPS) is 10.3. The number of nitrogens with one attached hydrogen (secondary N) is 2. The molecule has 7 heteroatoms. The third kappa shape index (κ3) is 5.09. The number of rotatable bonds is 8. The number of amides is 1. The molecule has 0 aliphatic heterocycles. The Morgan fingerprint density at radius 3 is 2.71 bits per heavy atom. The number of aromatic nitrogens is 2. The van der Waals surface area contributed by atoms with E-state index in [4.69, 9.17) is 16.3 Å². The van der Waals surface area contributed by atoms with Gasteiger partial charge in [-0.2, -0.15) is 0 Å². The van der Waals surface area contributed by atoms with Crippen LogP contribution in [0.1, 0.15) is 36.7 Å². The van der Waals surface area contributed by atoms with Crippen LogP contribution in [0.2, 0.25) is 5.02 Å². The van der Waals surface area contributed by atoms with Gasteiger partial charge >= 0.3 is 0 Å². The number of unbranched alkanes of at least 4 members (excludes halogenated alkanes) is 2. The number of benzene rings is 1. The molecule has 0 radical (unpaired) electrons. The van der Waals surface area contributed by atoms with E-state index in [1.807, 2.05) is 0 Å². The third-order valence-electron chi connectivity index (χ3n) is 3.38. The van der Waals surface area contributed by atoms with Gasteiger partial charge in [0.15, 0.2) is 0 Å². The molecule has 6 nitrogen and oxygen atoms in total. The molecule has 0 bridgehead atoms. The SMILES string of the molecule is CCCCCNc1cnc(C(=O)Nc2ccc(OC)c(Cl)c2)cn1. The second-order valence-corrected chi connectivity index (χ2v) is 5.63. The minimum Gasteiger partial charge on any atom is -0.495 e. The number of halogens is 1. The molecule has 24 heavy (non-hydrogen) atoms. The van der Waals surface area contributed by atoms with Gasteiger partial charge in [0, 0.05) is 12.2 Å². The van der Waals surface area contributed by atoms with Crippen molar-refractivity contribution in [3.63, 3.8) is 0 Å². The minimum absolute atomic E-state index is 0.237. The fourth-order valence-electron chi connectivity index (χ4n) is 2.07. The number of carbonyl (C=O) groups excluding carboxylic acids is 1. The number of ether oxygens (including phenoxy) is 1. The molecule has 0 unspecified atom stereocenters. The molecular formula is C17H21ClN4O2. The topological polar surface area (TPSA) is 76.1 Å². The highest BCUT2D eigenvalue weighted by atomic mass is 35.5. The summed E-state index contributed by atoms with van der Waals surface area (Å²) in [6.45, 7) is 3.00. The van der Waals surface area contributed by atoms with Crippen LogP contribution in [-0.2, 0) is 0 Å². The number of hydrogen-bond acceptors (Lipinski definition) is 5. The molecular weight excluding hydrogens is 328 g/mol. The highest BCUT2D eigenvalue weighted by Gasteiger charge is 2.10. The molecule has 1 heterocycles. The van der Waals surface area contributed by atoms with Crippen molar-refractivity contribution in [3.8, 4) is 5.75 Å². The Bertz CT molecular complexity index is 677. The second-order valence-electron chi connectivity index (χ2n) is 5.22. The Kier molecular flexibility index (Phi) is 6.81. The molecule has 1 amide bonds. The van der Waals surface area contributed by atoms with Crippen molar-refractivity contribution in [1.82, 2.24) is 9.97 Å². The molecule has 0 aliphatic rings. The van der Waals surface area contributed by atoms with Crippen LogP contribution in [0.4, 0.5) is 11.5 Å².